The van der Waals surface area contributed by atoms with Crippen molar-refractivity contribution >= 4 is 17.6 Å². The van der Waals surface area contributed by atoms with Crippen molar-refractivity contribution < 1.29 is 19.1 Å². The minimum Gasteiger partial charge on any atom is -0.497 e. The van der Waals surface area contributed by atoms with Gasteiger partial charge in [0.2, 0.25) is 0 Å². The van der Waals surface area contributed by atoms with Crippen LogP contribution in [-0.2, 0) is 20.7 Å². The molecule has 0 aliphatic carbocycles. The Hall–Kier alpha value is -2.82. The smallest absolute Gasteiger partial charge is 0.310 e. The maximum absolute atomic E-state index is 11.9. The van der Waals surface area contributed by atoms with E-state index in [2.05, 4.69) is 5.32 Å². The third kappa shape index (κ3) is 4.84. The molecule has 1 amide bonds. The molecule has 1 N–H and O–H groups in total. The van der Waals surface area contributed by atoms with Crippen molar-refractivity contribution in [2.75, 3.05) is 19.0 Å². The molecule has 0 heterocycles. The highest BCUT2D eigenvalue weighted by atomic mass is 16.5. The molecule has 0 spiro atoms. The van der Waals surface area contributed by atoms with E-state index in [-0.39, 0.29) is 18.9 Å². The second-order valence-corrected chi connectivity index (χ2v) is 5.48. The van der Waals surface area contributed by atoms with Gasteiger partial charge in [-0.1, -0.05) is 24.3 Å². The minimum atomic E-state index is -0.459. The lowest BCUT2D eigenvalue weighted by Crippen LogP contribution is -2.22. The van der Waals surface area contributed by atoms with Crippen molar-refractivity contribution in [1.82, 2.24) is 0 Å². The first-order valence-electron chi connectivity index (χ1n) is 7.64. The molecule has 0 bridgehead atoms. The van der Waals surface area contributed by atoms with E-state index in [0.717, 1.165) is 22.4 Å². The van der Waals surface area contributed by atoms with Gasteiger partial charge in [0.05, 0.1) is 13.5 Å². The zero-order chi connectivity index (χ0) is 17.5. The standard InChI is InChI=1S/C19H21NO4/c1-13-6-4-9-17(14(13)2)20-18(21)12-24-19(22)11-15-7-5-8-16(10-15)23-3/h4-10H,11-12H2,1-3H3,(H,20,21). The van der Waals surface area contributed by atoms with Crippen molar-refractivity contribution in [2.45, 2.75) is 20.3 Å². The van der Waals surface area contributed by atoms with Crippen LogP contribution in [0, 0.1) is 13.8 Å². The normalized spacial score (nSPS) is 10.1. The average molecular weight is 327 g/mol. The summed E-state index contributed by atoms with van der Waals surface area (Å²) < 4.78 is 10.1. The molecule has 0 aliphatic heterocycles. The molecule has 2 rings (SSSR count). The first-order chi connectivity index (χ1) is 11.5. The van der Waals surface area contributed by atoms with Crippen molar-refractivity contribution in [3.63, 3.8) is 0 Å². The van der Waals surface area contributed by atoms with E-state index in [4.69, 9.17) is 9.47 Å². The summed E-state index contributed by atoms with van der Waals surface area (Å²) in [5, 5.41) is 2.75. The third-order valence-electron chi connectivity index (χ3n) is 3.73. The van der Waals surface area contributed by atoms with Crippen molar-refractivity contribution in [1.29, 1.82) is 0 Å². The van der Waals surface area contributed by atoms with Crippen LogP contribution < -0.4 is 10.1 Å². The van der Waals surface area contributed by atoms with Crippen molar-refractivity contribution in [3.05, 3.63) is 59.2 Å². The molecule has 0 saturated heterocycles. The molecule has 2 aromatic rings. The quantitative estimate of drug-likeness (QED) is 0.828. The van der Waals surface area contributed by atoms with Crippen LogP contribution in [0.2, 0.25) is 0 Å². The number of anilines is 1. The van der Waals surface area contributed by atoms with Crippen LogP contribution in [0.4, 0.5) is 5.69 Å². The number of esters is 1. The summed E-state index contributed by atoms with van der Waals surface area (Å²) in [4.78, 5) is 23.8. The van der Waals surface area contributed by atoms with Crippen LogP contribution in [0.3, 0.4) is 0 Å². The van der Waals surface area contributed by atoms with Gasteiger partial charge in [-0.15, -0.1) is 0 Å². The molecule has 0 aliphatic rings. The van der Waals surface area contributed by atoms with Crippen LogP contribution >= 0.6 is 0 Å². The van der Waals surface area contributed by atoms with E-state index in [1.807, 2.05) is 32.0 Å². The van der Waals surface area contributed by atoms with E-state index in [9.17, 15) is 9.59 Å². The highest BCUT2D eigenvalue weighted by Crippen LogP contribution is 2.18. The number of hydrogen-bond donors (Lipinski definition) is 1. The molecule has 0 saturated carbocycles. The van der Waals surface area contributed by atoms with Gasteiger partial charge in [-0.05, 0) is 48.7 Å². The molecule has 126 valence electrons. The molecule has 0 atom stereocenters. The van der Waals surface area contributed by atoms with Crippen LogP contribution in [0.1, 0.15) is 16.7 Å². The Labute approximate surface area is 141 Å². The van der Waals surface area contributed by atoms with Gasteiger partial charge in [0.25, 0.3) is 5.91 Å². The molecule has 0 radical (unpaired) electrons. The summed E-state index contributed by atoms with van der Waals surface area (Å²) in [6, 6.07) is 12.8. The van der Waals surface area contributed by atoms with Gasteiger partial charge in [0, 0.05) is 5.69 Å². The van der Waals surface area contributed by atoms with Gasteiger partial charge >= 0.3 is 5.97 Å². The van der Waals surface area contributed by atoms with E-state index in [1.165, 1.54) is 0 Å². The predicted octanol–water partition coefficient (Wildman–Crippen LogP) is 3.04. The number of ether oxygens (including phenoxy) is 2. The molecule has 0 unspecified atom stereocenters. The number of benzene rings is 2. The number of nitrogens with one attached hydrogen (secondary N) is 1. The number of rotatable bonds is 6. The predicted molar refractivity (Wildman–Crippen MR) is 92.2 cm³/mol. The molecule has 5 heteroatoms. The van der Waals surface area contributed by atoms with E-state index < -0.39 is 5.97 Å². The van der Waals surface area contributed by atoms with E-state index in [0.29, 0.717) is 5.75 Å². The van der Waals surface area contributed by atoms with Gasteiger partial charge < -0.3 is 14.8 Å². The second-order valence-electron chi connectivity index (χ2n) is 5.48. The topological polar surface area (TPSA) is 64.6 Å². The summed E-state index contributed by atoms with van der Waals surface area (Å²) in [5.41, 5.74) is 3.58. The zero-order valence-corrected chi connectivity index (χ0v) is 14.1. The molecule has 5 nitrogen and oxygen atoms in total. The Morgan fingerprint density at radius 1 is 1.08 bits per heavy atom. The molecular weight excluding hydrogens is 306 g/mol. The van der Waals surface area contributed by atoms with Gasteiger partial charge in [-0.2, -0.15) is 0 Å². The van der Waals surface area contributed by atoms with Gasteiger partial charge in [-0.25, -0.2) is 0 Å². The fraction of sp³-hybridized carbons (Fsp3) is 0.263. The lowest BCUT2D eigenvalue weighted by molar-refractivity contribution is -0.146. The second kappa shape index (κ2) is 8.15. The summed E-state index contributed by atoms with van der Waals surface area (Å²) >= 11 is 0. The third-order valence-corrected chi connectivity index (χ3v) is 3.73. The Balaban J connectivity index is 1.84. The number of hydrogen-bond acceptors (Lipinski definition) is 4. The molecule has 0 fully saturated rings. The van der Waals surface area contributed by atoms with Gasteiger partial charge in [0.1, 0.15) is 5.75 Å². The monoisotopic (exact) mass is 327 g/mol. The Morgan fingerprint density at radius 3 is 2.58 bits per heavy atom. The SMILES string of the molecule is COc1cccc(CC(=O)OCC(=O)Nc2cccc(C)c2C)c1. The van der Waals surface area contributed by atoms with E-state index in [1.54, 1.807) is 31.4 Å². The summed E-state index contributed by atoms with van der Waals surface area (Å²) in [5.74, 6) is -0.143. The highest BCUT2D eigenvalue weighted by molar-refractivity contribution is 5.93. The van der Waals surface area contributed by atoms with Crippen LogP contribution in [0.15, 0.2) is 42.5 Å². The van der Waals surface area contributed by atoms with Crippen molar-refractivity contribution in [2.24, 2.45) is 0 Å². The summed E-state index contributed by atoms with van der Waals surface area (Å²) in [6.07, 6.45) is 0.0912. The maximum atomic E-state index is 11.9. The zero-order valence-electron chi connectivity index (χ0n) is 14.1. The Kier molecular flexibility index (Phi) is 5.95. The number of carbonyl (C=O) groups excluding carboxylic acids is 2. The fourth-order valence-electron chi connectivity index (χ4n) is 2.22. The fourth-order valence-corrected chi connectivity index (χ4v) is 2.22. The summed E-state index contributed by atoms with van der Waals surface area (Å²) in [7, 11) is 1.56. The lowest BCUT2D eigenvalue weighted by Gasteiger charge is -2.10. The number of amides is 1. The van der Waals surface area contributed by atoms with Crippen molar-refractivity contribution in [3.8, 4) is 5.75 Å². The van der Waals surface area contributed by atoms with Gasteiger partial charge in [-0.3, -0.25) is 9.59 Å². The summed E-state index contributed by atoms with van der Waals surface area (Å²) in [6.45, 7) is 3.59. The highest BCUT2D eigenvalue weighted by Gasteiger charge is 2.10. The van der Waals surface area contributed by atoms with Crippen LogP contribution in [0.25, 0.3) is 0 Å². The number of methoxy groups -OCH3 is 1. The Morgan fingerprint density at radius 2 is 1.83 bits per heavy atom. The van der Waals surface area contributed by atoms with Crippen LogP contribution in [-0.4, -0.2) is 25.6 Å². The van der Waals surface area contributed by atoms with Gasteiger partial charge in [0.15, 0.2) is 6.61 Å². The Bertz CT molecular complexity index is 740. The maximum Gasteiger partial charge on any atom is 0.310 e. The lowest BCUT2D eigenvalue weighted by atomic mass is 10.1. The van der Waals surface area contributed by atoms with E-state index >= 15 is 0 Å². The molecule has 24 heavy (non-hydrogen) atoms. The molecule has 2 aromatic carbocycles. The van der Waals surface area contributed by atoms with Crippen LogP contribution in [0.5, 0.6) is 5.75 Å². The first-order valence-corrected chi connectivity index (χ1v) is 7.64. The number of aryl methyl sites for hydroxylation is 1. The molecule has 0 aromatic heterocycles. The first kappa shape index (κ1) is 17.5. The molecular formula is C19H21NO4. The largest absolute Gasteiger partial charge is 0.497 e. The number of carbonyl (C=O) groups is 2. The average Bonchev–Trinajstić information content (AvgIpc) is 2.57. The minimum absolute atomic E-state index is 0.0912.